The first-order valence-electron chi connectivity index (χ1n) is 8.98. The van der Waals surface area contributed by atoms with Crippen LogP contribution in [0.15, 0.2) is 54.9 Å². The number of nitrogens with one attached hydrogen (secondary N) is 1. The average Bonchev–Trinajstić information content (AvgIpc) is 3.06. The number of hydrogen-bond acceptors (Lipinski definition) is 4. The number of halogens is 1. The zero-order chi connectivity index (χ0) is 17.7. The summed E-state index contributed by atoms with van der Waals surface area (Å²) >= 11 is 6.53. The first-order valence-corrected chi connectivity index (χ1v) is 9.36. The third-order valence-electron chi connectivity index (χ3n) is 5.63. The van der Waals surface area contributed by atoms with Crippen molar-refractivity contribution in [2.24, 2.45) is 0 Å². The van der Waals surface area contributed by atoms with Crippen molar-refractivity contribution in [3.63, 3.8) is 0 Å². The topological polar surface area (TPSA) is 41.1 Å². The second-order valence-electron chi connectivity index (χ2n) is 6.83. The molecular formula is C21H19ClN4. The number of fused-ring (bicyclic) bond motifs is 2. The zero-order valence-corrected chi connectivity index (χ0v) is 15.3. The van der Waals surface area contributed by atoms with Gasteiger partial charge in [-0.05, 0) is 24.0 Å². The van der Waals surface area contributed by atoms with Gasteiger partial charge in [-0.15, -0.1) is 0 Å². The van der Waals surface area contributed by atoms with Crippen molar-refractivity contribution in [3.05, 3.63) is 76.7 Å². The third-order valence-corrected chi connectivity index (χ3v) is 5.91. The van der Waals surface area contributed by atoms with E-state index in [0.717, 1.165) is 30.9 Å². The van der Waals surface area contributed by atoms with Gasteiger partial charge in [0.15, 0.2) is 11.0 Å². The van der Waals surface area contributed by atoms with Crippen molar-refractivity contribution in [1.29, 1.82) is 0 Å². The van der Waals surface area contributed by atoms with E-state index in [1.165, 1.54) is 22.4 Å². The number of hydrogen-bond donors (Lipinski definition) is 1. The van der Waals surface area contributed by atoms with Crippen LogP contribution in [-0.4, -0.2) is 16.5 Å². The highest BCUT2D eigenvalue weighted by molar-refractivity contribution is 6.32. The Morgan fingerprint density at radius 3 is 2.77 bits per heavy atom. The lowest BCUT2D eigenvalue weighted by Crippen LogP contribution is -2.36. The molecule has 0 spiro atoms. The quantitative estimate of drug-likeness (QED) is 0.658. The van der Waals surface area contributed by atoms with Crippen LogP contribution in [-0.2, 0) is 12.0 Å². The minimum absolute atomic E-state index is 0.380. The van der Waals surface area contributed by atoms with E-state index in [9.17, 15) is 0 Å². The van der Waals surface area contributed by atoms with Gasteiger partial charge in [0.05, 0.1) is 11.2 Å². The van der Waals surface area contributed by atoms with Crippen LogP contribution in [0, 0.1) is 0 Å². The van der Waals surface area contributed by atoms with Gasteiger partial charge >= 0.3 is 0 Å². The molecule has 130 valence electrons. The van der Waals surface area contributed by atoms with Crippen molar-refractivity contribution in [2.45, 2.75) is 25.3 Å². The van der Waals surface area contributed by atoms with Crippen molar-refractivity contribution in [2.75, 3.05) is 16.8 Å². The summed E-state index contributed by atoms with van der Waals surface area (Å²) in [5.74, 6) is 0.863. The maximum absolute atomic E-state index is 6.53. The van der Waals surface area contributed by atoms with Crippen LogP contribution in [0.4, 0.5) is 17.2 Å². The molecule has 0 saturated heterocycles. The lowest BCUT2D eigenvalue weighted by molar-refractivity contribution is 0.570. The van der Waals surface area contributed by atoms with Crippen LogP contribution in [0.1, 0.15) is 30.0 Å². The molecule has 5 rings (SSSR count). The molecule has 3 aromatic rings. The van der Waals surface area contributed by atoms with Gasteiger partial charge in [-0.25, -0.2) is 9.97 Å². The predicted octanol–water partition coefficient (Wildman–Crippen LogP) is 4.90. The molecule has 0 aliphatic carbocycles. The Balaban J connectivity index is 1.88. The lowest BCUT2D eigenvalue weighted by atomic mass is 9.79. The molecule has 2 aliphatic rings. The molecule has 5 heteroatoms. The summed E-state index contributed by atoms with van der Waals surface area (Å²) in [5.41, 5.74) is 5.55. The van der Waals surface area contributed by atoms with E-state index in [-0.39, 0.29) is 5.54 Å². The summed E-state index contributed by atoms with van der Waals surface area (Å²) < 4.78 is 0. The van der Waals surface area contributed by atoms with E-state index < -0.39 is 0 Å². The molecule has 1 unspecified atom stereocenters. The van der Waals surface area contributed by atoms with E-state index >= 15 is 0 Å². The molecule has 0 radical (unpaired) electrons. The summed E-state index contributed by atoms with van der Waals surface area (Å²) in [4.78, 5) is 11.1. The van der Waals surface area contributed by atoms with Crippen molar-refractivity contribution >= 4 is 28.8 Å². The second-order valence-corrected chi connectivity index (χ2v) is 7.19. The average molecular weight is 363 g/mol. The van der Waals surface area contributed by atoms with E-state index in [1.54, 1.807) is 6.33 Å². The van der Waals surface area contributed by atoms with Crippen molar-refractivity contribution in [1.82, 2.24) is 9.97 Å². The molecule has 1 atom stereocenters. The summed E-state index contributed by atoms with van der Waals surface area (Å²) in [6, 6.07) is 17.2. The van der Waals surface area contributed by atoms with Crippen LogP contribution in [0.2, 0.25) is 5.15 Å². The molecule has 3 heterocycles. The van der Waals surface area contributed by atoms with Gasteiger partial charge in [-0.1, -0.05) is 67.1 Å². The van der Waals surface area contributed by atoms with Crippen LogP contribution < -0.4 is 10.2 Å². The van der Waals surface area contributed by atoms with E-state index in [2.05, 4.69) is 75.6 Å². The first-order chi connectivity index (χ1) is 12.7. The van der Waals surface area contributed by atoms with Crippen LogP contribution >= 0.6 is 11.6 Å². The Kier molecular flexibility index (Phi) is 3.44. The van der Waals surface area contributed by atoms with Crippen molar-refractivity contribution < 1.29 is 0 Å². The second kappa shape index (κ2) is 5.71. The van der Waals surface area contributed by atoms with Crippen molar-refractivity contribution in [3.8, 4) is 0 Å². The molecule has 0 amide bonds. The molecule has 0 saturated carbocycles. The Morgan fingerprint density at radius 1 is 1.12 bits per heavy atom. The number of anilines is 3. The Morgan fingerprint density at radius 2 is 1.96 bits per heavy atom. The normalized spacial score (nSPS) is 20.2. The maximum Gasteiger partial charge on any atom is 0.161 e. The molecule has 26 heavy (non-hydrogen) atoms. The van der Waals surface area contributed by atoms with E-state index in [0.29, 0.717) is 5.15 Å². The molecule has 2 aliphatic heterocycles. The van der Waals surface area contributed by atoms with Gasteiger partial charge in [-0.2, -0.15) is 0 Å². The highest BCUT2D eigenvalue weighted by atomic mass is 35.5. The first kappa shape index (κ1) is 15.6. The summed E-state index contributed by atoms with van der Waals surface area (Å²) in [6.07, 6.45) is 3.44. The van der Waals surface area contributed by atoms with Gasteiger partial charge in [-0.3, -0.25) is 0 Å². The highest BCUT2D eigenvalue weighted by Gasteiger charge is 2.42. The lowest BCUT2D eigenvalue weighted by Gasteiger charge is -2.36. The number of aromatic nitrogens is 2. The standard InChI is InChI=1S/C21H19ClN4/c1-2-21(15-8-4-3-5-9-15)16-10-6-7-14-11-12-26(18(14)16)20-17(25-21)19(22)23-13-24-20/h3-10,13,25H,2,11-12H2,1H3. The molecule has 0 fully saturated rings. The Labute approximate surface area is 157 Å². The number of nitrogens with zero attached hydrogens (tertiary/aromatic N) is 3. The molecule has 0 bridgehead atoms. The number of rotatable bonds is 2. The maximum atomic E-state index is 6.53. The van der Waals surface area contributed by atoms with Gasteiger partial charge in [0, 0.05) is 12.1 Å². The fraction of sp³-hybridized carbons (Fsp3) is 0.238. The van der Waals surface area contributed by atoms with Gasteiger partial charge < -0.3 is 10.2 Å². The Bertz CT molecular complexity index is 989. The molecule has 1 N–H and O–H groups in total. The monoisotopic (exact) mass is 362 g/mol. The van der Waals surface area contributed by atoms with Crippen LogP contribution in [0.5, 0.6) is 0 Å². The van der Waals surface area contributed by atoms with Crippen LogP contribution in [0.25, 0.3) is 0 Å². The van der Waals surface area contributed by atoms with Gasteiger partial charge in [0.2, 0.25) is 0 Å². The number of benzene rings is 2. The van der Waals surface area contributed by atoms with Gasteiger partial charge in [0.25, 0.3) is 0 Å². The molecule has 1 aromatic heterocycles. The molecule has 4 nitrogen and oxygen atoms in total. The zero-order valence-electron chi connectivity index (χ0n) is 14.5. The van der Waals surface area contributed by atoms with E-state index in [1.807, 2.05) is 0 Å². The summed E-state index contributed by atoms with van der Waals surface area (Å²) in [5, 5.41) is 4.22. The Hall–Kier alpha value is -2.59. The van der Waals surface area contributed by atoms with Crippen LogP contribution in [0.3, 0.4) is 0 Å². The van der Waals surface area contributed by atoms with E-state index in [4.69, 9.17) is 11.6 Å². The fourth-order valence-electron chi connectivity index (χ4n) is 4.39. The smallest absolute Gasteiger partial charge is 0.161 e. The third kappa shape index (κ3) is 2.02. The van der Waals surface area contributed by atoms with Gasteiger partial charge in [0.1, 0.15) is 12.0 Å². The molecular weight excluding hydrogens is 344 g/mol. The fourth-order valence-corrected chi connectivity index (χ4v) is 4.57. The summed E-state index contributed by atoms with van der Waals surface area (Å²) in [7, 11) is 0. The minimum atomic E-state index is -0.380. The summed E-state index contributed by atoms with van der Waals surface area (Å²) in [6.45, 7) is 3.12. The highest BCUT2D eigenvalue weighted by Crippen LogP contribution is 2.52. The molecule has 2 aromatic carbocycles. The minimum Gasteiger partial charge on any atom is -0.366 e. The predicted molar refractivity (Wildman–Crippen MR) is 105 cm³/mol. The number of para-hydroxylation sites is 1. The largest absolute Gasteiger partial charge is 0.366 e. The SMILES string of the molecule is CCC1(c2ccccc2)Nc2c(Cl)ncnc2N2CCc3cccc1c32.